The van der Waals surface area contributed by atoms with Crippen molar-refractivity contribution in [1.29, 1.82) is 0 Å². The Bertz CT molecular complexity index is 774. The summed E-state index contributed by atoms with van der Waals surface area (Å²) in [6.45, 7) is 1.76. The van der Waals surface area contributed by atoms with Gasteiger partial charge in [0.15, 0.2) is 0 Å². The fourth-order valence-corrected chi connectivity index (χ4v) is 5.04. The van der Waals surface area contributed by atoms with E-state index in [1.807, 2.05) is 0 Å². The fraction of sp³-hybridized carbons (Fsp3) is 0.611. The number of hydrogen-bond acceptors (Lipinski definition) is 4. The second-order valence-electron chi connectivity index (χ2n) is 7.08. The van der Waals surface area contributed by atoms with Crippen molar-refractivity contribution in [2.24, 2.45) is 5.92 Å². The van der Waals surface area contributed by atoms with Gasteiger partial charge < -0.3 is 10.1 Å². The Morgan fingerprint density at radius 1 is 1.22 bits per heavy atom. The standard InChI is InChI=1S/C18H24F2N2O4S/c19-15-4-3-14(16(20)10-15)12-27(24,25)22-7-5-13(6-8-22)11-21-18(23)17-2-1-9-26-17/h3-4,10,13,17H,1-2,5-9,11-12H2,(H,21,23). The Hall–Kier alpha value is -1.58. The van der Waals surface area contributed by atoms with Crippen LogP contribution in [0.4, 0.5) is 8.78 Å². The number of ether oxygens (including phenoxy) is 1. The zero-order chi connectivity index (χ0) is 19.4. The third kappa shape index (κ3) is 5.24. The Kier molecular flexibility index (Phi) is 6.44. The van der Waals surface area contributed by atoms with Crippen LogP contribution < -0.4 is 5.32 Å². The quantitative estimate of drug-likeness (QED) is 0.787. The lowest BCUT2D eigenvalue weighted by Gasteiger charge is -2.31. The first-order valence-electron chi connectivity index (χ1n) is 9.16. The number of nitrogens with zero attached hydrogens (tertiary/aromatic N) is 1. The number of carbonyl (C=O) groups excluding carboxylic acids is 1. The highest BCUT2D eigenvalue weighted by molar-refractivity contribution is 7.88. The first-order valence-corrected chi connectivity index (χ1v) is 10.8. The van der Waals surface area contributed by atoms with Crippen LogP contribution in [0.5, 0.6) is 0 Å². The lowest BCUT2D eigenvalue weighted by atomic mass is 9.98. The monoisotopic (exact) mass is 402 g/mol. The number of halogens is 2. The van der Waals surface area contributed by atoms with Crippen LogP contribution in [0.15, 0.2) is 18.2 Å². The van der Waals surface area contributed by atoms with E-state index in [0.717, 1.165) is 25.0 Å². The Labute approximate surface area is 157 Å². The van der Waals surface area contributed by atoms with Crippen LogP contribution in [0.3, 0.4) is 0 Å². The average molecular weight is 402 g/mol. The predicted octanol–water partition coefficient (Wildman–Crippen LogP) is 1.80. The molecule has 2 heterocycles. The van der Waals surface area contributed by atoms with Gasteiger partial charge >= 0.3 is 0 Å². The number of hydrogen-bond donors (Lipinski definition) is 1. The van der Waals surface area contributed by atoms with Crippen molar-refractivity contribution in [3.05, 3.63) is 35.4 Å². The Balaban J connectivity index is 1.48. The summed E-state index contributed by atoms with van der Waals surface area (Å²) in [7, 11) is -3.68. The van der Waals surface area contributed by atoms with Gasteiger partial charge in [0.25, 0.3) is 0 Å². The molecular weight excluding hydrogens is 378 g/mol. The van der Waals surface area contributed by atoms with E-state index in [9.17, 15) is 22.0 Å². The number of piperidine rings is 1. The molecule has 2 aliphatic rings. The highest BCUT2D eigenvalue weighted by Gasteiger charge is 2.30. The highest BCUT2D eigenvalue weighted by Crippen LogP contribution is 2.22. The molecule has 1 aromatic rings. The zero-order valence-corrected chi connectivity index (χ0v) is 15.8. The van der Waals surface area contributed by atoms with Gasteiger partial charge in [-0.15, -0.1) is 0 Å². The van der Waals surface area contributed by atoms with Crippen LogP contribution in [0.2, 0.25) is 0 Å². The second-order valence-corrected chi connectivity index (χ2v) is 9.05. The number of amides is 1. The number of nitrogens with one attached hydrogen (secondary N) is 1. The second kappa shape index (κ2) is 8.62. The van der Waals surface area contributed by atoms with Crippen molar-refractivity contribution < 1.29 is 26.7 Å². The molecule has 1 amide bonds. The molecule has 27 heavy (non-hydrogen) atoms. The van der Waals surface area contributed by atoms with Crippen LogP contribution in [0, 0.1) is 17.6 Å². The van der Waals surface area contributed by atoms with Crippen molar-refractivity contribution >= 4 is 15.9 Å². The van der Waals surface area contributed by atoms with Crippen molar-refractivity contribution in [2.75, 3.05) is 26.2 Å². The first kappa shape index (κ1) is 20.2. The molecule has 2 aliphatic heterocycles. The van der Waals surface area contributed by atoms with E-state index in [-0.39, 0.29) is 23.5 Å². The van der Waals surface area contributed by atoms with E-state index in [4.69, 9.17) is 4.74 Å². The molecule has 0 saturated carbocycles. The molecule has 0 aliphatic carbocycles. The maximum atomic E-state index is 13.7. The van der Waals surface area contributed by atoms with E-state index in [0.29, 0.717) is 45.1 Å². The van der Waals surface area contributed by atoms with Gasteiger partial charge in [-0.2, -0.15) is 0 Å². The molecule has 150 valence electrons. The summed E-state index contributed by atoms with van der Waals surface area (Å²) >= 11 is 0. The lowest BCUT2D eigenvalue weighted by molar-refractivity contribution is -0.130. The van der Waals surface area contributed by atoms with E-state index in [1.165, 1.54) is 4.31 Å². The smallest absolute Gasteiger partial charge is 0.249 e. The number of rotatable bonds is 6. The maximum absolute atomic E-state index is 13.7. The maximum Gasteiger partial charge on any atom is 0.249 e. The van der Waals surface area contributed by atoms with Crippen LogP contribution in [0.25, 0.3) is 0 Å². The average Bonchev–Trinajstić information content (AvgIpc) is 3.17. The minimum atomic E-state index is -3.68. The molecule has 0 aromatic heterocycles. The largest absolute Gasteiger partial charge is 0.368 e. The van der Waals surface area contributed by atoms with Gasteiger partial charge in [-0.05, 0) is 37.7 Å². The van der Waals surface area contributed by atoms with E-state index < -0.39 is 27.4 Å². The Morgan fingerprint density at radius 3 is 2.59 bits per heavy atom. The number of benzene rings is 1. The Morgan fingerprint density at radius 2 is 1.96 bits per heavy atom. The summed E-state index contributed by atoms with van der Waals surface area (Å²) in [5.74, 6) is -1.98. The van der Waals surface area contributed by atoms with Crippen LogP contribution in [0.1, 0.15) is 31.2 Å². The first-order chi connectivity index (χ1) is 12.8. The third-order valence-corrected chi connectivity index (χ3v) is 6.93. The summed E-state index contributed by atoms with van der Waals surface area (Å²) in [5.41, 5.74) is -0.0395. The molecule has 2 saturated heterocycles. The van der Waals surface area contributed by atoms with Gasteiger partial charge in [0.1, 0.15) is 17.7 Å². The van der Waals surface area contributed by atoms with Gasteiger partial charge in [0, 0.05) is 37.9 Å². The molecule has 1 aromatic carbocycles. The summed E-state index contributed by atoms with van der Waals surface area (Å²) < 4.78 is 58.4. The molecular formula is C18H24F2N2O4S. The van der Waals surface area contributed by atoms with Crippen molar-refractivity contribution in [3.63, 3.8) is 0 Å². The number of sulfonamides is 1. The highest BCUT2D eigenvalue weighted by atomic mass is 32.2. The summed E-state index contributed by atoms with van der Waals surface area (Å²) in [4.78, 5) is 12.0. The van der Waals surface area contributed by atoms with Gasteiger partial charge in [-0.25, -0.2) is 21.5 Å². The molecule has 6 nitrogen and oxygen atoms in total. The topological polar surface area (TPSA) is 75.7 Å². The SMILES string of the molecule is O=C(NCC1CCN(S(=O)(=O)Cc2ccc(F)cc2F)CC1)C1CCCO1. The van der Waals surface area contributed by atoms with E-state index >= 15 is 0 Å². The molecule has 0 spiro atoms. The summed E-state index contributed by atoms with van der Waals surface area (Å²) in [6, 6.07) is 2.90. The fourth-order valence-electron chi connectivity index (χ4n) is 3.46. The van der Waals surface area contributed by atoms with Gasteiger partial charge in [-0.3, -0.25) is 4.79 Å². The molecule has 9 heteroatoms. The van der Waals surface area contributed by atoms with Gasteiger partial charge in [0.05, 0.1) is 5.75 Å². The minimum absolute atomic E-state index is 0.0395. The summed E-state index contributed by atoms with van der Waals surface area (Å²) in [6.07, 6.45) is 2.51. The van der Waals surface area contributed by atoms with Crippen LogP contribution >= 0.6 is 0 Å². The summed E-state index contributed by atoms with van der Waals surface area (Å²) in [5, 5.41) is 2.88. The molecule has 1 unspecified atom stereocenters. The molecule has 2 fully saturated rings. The molecule has 0 bridgehead atoms. The van der Waals surface area contributed by atoms with E-state index in [1.54, 1.807) is 0 Å². The van der Waals surface area contributed by atoms with Crippen LogP contribution in [-0.2, 0) is 25.3 Å². The molecule has 3 rings (SSSR count). The minimum Gasteiger partial charge on any atom is -0.368 e. The predicted molar refractivity (Wildman–Crippen MR) is 95.3 cm³/mol. The third-order valence-electron chi connectivity index (χ3n) is 5.11. The lowest BCUT2D eigenvalue weighted by Crippen LogP contribution is -2.43. The molecule has 1 atom stereocenters. The molecule has 0 radical (unpaired) electrons. The van der Waals surface area contributed by atoms with Gasteiger partial charge in [0.2, 0.25) is 15.9 Å². The van der Waals surface area contributed by atoms with Crippen molar-refractivity contribution in [2.45, 2.75) is 37.5 Å². The van der Waals surface area contributed by atoms with Gasteiger partial charge in [-0.1, -0.05) is 6.07 Å². The van der Waals surface area contributed by atoms with Crippen molar-refractivity contribution in [1.82, 2.24) is 9.62 Å². The normalized spacial score (nSPS) is 22.1. The number of carbonyl (C=O) groups is 1. The van der Waals surface area contributed by atoms with E-state index in [2.05, 4.69) is 5.32 Å². The van der Waals surface area contributed by atoms with Crippen molar-refractivity contribution in [3.8, 4) is 0 Å². The molecule has 1 N–H and O–H groups in total. The zero-order valence-electron chi connectivity index (χ0n) is 15.0. The van der Waals surface area contributed by atoms with Crippen LogP contribution in [-0.4, -0.2) is 51.0 Å².